The topological polar surface area (TPSA) is 81.1 Å². The van der Waals surface area contributed by atoms with E-state index in [4.69, 9.17) is 4.74 Å². The van der Waals surface area contributed by atoms with E-state index in [2.05, 4.69) is 19.9 Å². The van der Waals surface area contributed by atoms with Gasteiger partial charge in [-0.05, 0) is 48.9 Å². The minimum atomic E-state index is -4.48. The predicted molar refractivity (Wildman–Crippen MR) is 111 cm³/mol. The second-order valence-electron chi connectivity index (χ2n) is 8.27. The summed E-state index contributed by atoms with van der Waals surface area (Å²) in [5, 5.41) is 0. The third-order valence-corrected chi connectivity index (χ3v) is 6.08. The van der Waals surface area contributed by atoms with Crippen LogP contribution in [0, 0.1) is 11.8 Å². The lowest BCUT2D eigenvalue weighted by atomic mass is 10.0. The van der Waals surface area contributed by atoms with E-state index < -0.39 is 11.7 Å². The highest BCUT2D eigenvalue weighted by Crippen LogP contribution is 2.47. The molecule has 1 amide bonds. The molecule has 3 atom stereocenters. The summed E-state index contributed by atoms with van der Waals surface area (Å²) in [6, 6.07) is 6.62. The normalized spacial score (nSPS) is 21.9. The third kappa shape index (κ3) is 4.50. The summed E-state index contributed by atoms with van der Waals surface area (Å²) in [6.45, 7) is 0.604. The van der Waals surface area contributed by atoms with Crippen molar-refractivity contribution in [3.8, 4) is 17.3 Å². The second-order valence-corrected chi connectivity index (χ2v) is 8.27. The van der Waals surface area contributed by atoms with Crippen molar-refractivity contribution in [2.75, 3.05) is 13.2 Å². The van der Waals surface area contributed by atoms with Gasteiger partial charge in [0.25, 0.3) is 5.91 Å². The lowest BCUT2D eigenvalue weighted by Gasteiger charge is -2.35. The molecule has 1 unspecified atom stereocenters. The lowest BCUT2D eigenvalue weighted by molar-refractivity contribution is -0.137. The number of likely N-dealkylation sites (tertiary alicyclic amines) is 1. The van der Waals surface area contributed by atoms with Gasteiger partial charge in [0, 0.05) is 37.4 Å². The highest BCUT2D eigenvalue weighted by atomic mass is 19.4. The standard InChI is InChI=1S/C23H20F3N5O2/c24-23(25,26)16-4-8-27-19(11-16)33-13-17-10-14-9-15(14)12-31(17)22(32)20-18(3-1-5-28-20)21-29-6-2-7-30-21/h1-8,11,14-15,17H,9-10,12-13H2/t14-,15?,17+/m1/s1. The molecular weight excluding hydrogens is 435 g/mol. The Bertz CT molecular complexity index is 1160. The zero-order valence-corrected chi connectivity index (χ0v) is 17.4. The van der Waals surface area contributed by atoms with Gasteiger partial charge in [-0.15, -0.1) is 0 Å². The Balaban J connectivity index is 1.37. The van der Waals surface area contributed by atoms with E-state index in [0.717, 1.165) is 31.2 Å². The molecule has 1 aliphatic carbocycles. The molecule has 10 heteroatoms. The molecule has 3 aromatic heterocycles. The fourth-order valence-electron chi connectivity index (χ4n) is 4.28. The molecule has 0 N–H and O–H groups in total. The van der Waals surface area contributed by atoms with Crippen LogP contribution < -0.4 is 4.74 Å². The Morgan fingerprint density at radius 2 is 1.79 bits per heavy atom. The van der Waals surface area contributed by atoms with Crippen molar-refractivity contribution < 1.29 is 22.7 Å². The van der Waals surface area contributed by atoms with Gasteiger partial charge in [0.05, 0.1) is 17.2 Å². The molecule has 33 heavy (non-hydrogen) atoms. The Morgan fingerprint density at radius 3 is 2.58 bits per heavy atom. The molecule has 4 heterocycles. The minimum absolute atomic E-state index is 0.0489. The van der Waals surface area contributed by atoms with Crippen LogP contribution in [0.2, 0.25) is 0 Å². The number of hydrogen-bond donors (Lipinski definition) is 0. The number of nitrogens with zero attached hydrogens (tertiary/aromatic N) is 5. The summed E-state index contributed by atoms with van der Waals surface area (Å²) in [4.78, 5) is 32.0. The first-order chi connectivity index (χ1) is 15.9. The zero-order chi connectivity index (χ0) is 23.0. The van der Waals surface area contributed by atoms with E-state index in [1.165, 1.54) is 0 Å². The molecule has 170 valence electrons. The van der Waals surface area contributed by atoms with Gasteiger partial charge in [0.2, 0.25) is 5.88 Å². The average molecular weight is 455 g/mol. The van der Waals surface area contributed by atoms with Crippen LogP contribution in [0.25, 0.3) is 11.4 Å². The number of hydrogen-bond acceptors (Lipinski definition) is 6. The van der Waals surface area contributed by atoms with Crippen molar-refractivity contribution in [3.63, 3.8) is 0 Å². The highest BCUT2D eigenvalue weighted by Gasteiger charge is 2.47. The van der Waals surface area contributed by atoms with Crippen LogP contribution >= 0.6 is 0 Å². The first-order valence-corrected chi connectivity index (χ1v) is 10.6. The van der Waals surface area contributed by atoms with Crippen molar-refractivity contribution in [1.82, 2.24) is 24.8 Å². The number of rotatable bonds is 5. The number of carbonyl (C=O) groups excluding carboxylic acids is 1. The van der Waals surface area contributed by atoms with Gasteiger partial charge in [-0.3, -0.25) is 9.78 Å². The first-order valence-electron chi connectivity index (χ1n) is 10.6. The van der Waals surface area contributed by atoms with Crippen LogP contribution in [-0.2, 0) is 6.18 Å². The number of fused-ring (bicyclic) bond motifs is 1. The van der Waals surface area contributed by atoms with Gasteiger partial charge >= 0.3 is 6.18 Å². The smallest absolute Gasteiger partial charge is 0.416 e. The number of aromatic nitrogens is 4. The molecule has 5 rings (SSSR count). The molecule has 1 aliphatic heterocycles. The summed E-state index contributed by atoms with van der Waals surface area (Å²) >= 11 is 0. The van der Waals surface area contributed by atoms with E-state index in [9.17, 15) is 18.0 Å². The second kappa shape index (κ2) is 8.42. The van der Waals surface area contributed by atoms with Crippen LogP contribution in [0.15, 0.2) is 55.1 Å². The fraction of sp³-hybridized carbons (Fsp3) is 0.348. The Kier molecular flexibility index (Phi) is 5.43. The number of amides is 1. The quantitative estimate of drug-likeness (QED) is 0.581. The van der Waals surface area contributed by atoms with Crippen LogP contribution in [0.3, 0.4) is 0 Å². The van der Waals surface area contributed by atoms with Crippen molar-refractivity contribution >= 4 is 5.91 Å². The highest BCUT2D eigenvalue weighted by molar-refractivity contribution is 5.98. The molecule has 0 radical (unpaired) electrons. The van der Waals surface area contributed by atoms with Gasteiger partial charge in [0.15, 0.2) is 5.82 Å². The largest absolute Gasteiger partial charge is 0.475 e. The fourth-order valence-corrected chi connectivity index (χ4v) is 4.28. The van der Waals surface area contributed by atoms with Gasteiger partial charge in [-0.25, -0.2) is 15.0 Å². The summed E-state index contributed by atoms with van der Waals surface area (Å²) in [5.41, 5.74) is -0.0578. The molecule has 3 aromatic rings. The number of ether oxygens (including phenoxy) is 1. The van der Waals surface area contributed by atoms with E-state index in [0.29, 0.717) is 29.8 Å². The molecule has 7 nitrogen and oxygen atoms in total. The Labute approximate surface area is 187 Å². The molecular formula is C23H20F3N5O2. The average Bonchev–Trinajstić information content (AvgIpc) is 3.60. The van der Waals surface area contributed by atoms with Crippen LogP contribution in [0.4, 0.5) is 13.2 Å². The zero-order valence-electron chi connectivity index (χ0n) is 17.4. The molecule has 0 aromatic carbocycles. The van der Waals surface area contributed by atoms with Crippen molar-refractivity contribution in [2.24, 2.45) is 11.8 Å². The molecule has 1 saturated carbocycles. The van der Waals surface area contributed by atoms with Crippen LogP contribution in [-0.4, -0.2) is 49.9 Å². The SMILES string of the molecule is O=C(c1ncccc1-c1ncccn1)N1CC2C[C@@H]2C[C@H]1COc1cc(C(F)(F)F)ccn1. The number of alkyl halides is 3. The van der Waals surface area contributed by atoms with E-state index in [1.54, 1.807) is 41.7 Å². The van der Waals surface area contributed by atoms with Gasteiger partial charge in [-0.2, -0.15) is 13.2 Å². The maximum Gasteiger partial charge on any atom is 0.416 e. The lowest BCUT2D eigenvalue weighted by Crippen LogP contribution is -2.48. The molecule has 2 aliphatic rings. The van der Waals surface area contributed by atoms with Crippen molar-refractivity contribution in [2.45, 2.75) is 25.1 Å². The monoisotopic (exact) mass is 455 g/mol. The molecule has 0 bridgehead atoms. The van der Waals surface area contributed by atoms with Crippen LogP contribution in [0.1, 0.15) is 28.9 Å². The van der Waals surface area contributed by atoms with E-state index >= 15 is 0 Å². The number of halogens is 3. The first kappa shape index (κ1) is 21.3. The van der Waals surface area contributed by atoms with Crippen LogP contribution in [0.5, 0.6) is 5.88 Å². The summed E-state index contributed by atoms with van der Waals surface area (Å²) in [7, 11) is 0. The van der Waals surface area contributed by atoms with Gasteiger partial charge < -0.3 is 9.64 Å². The number of pyridine rings is 2. The predicted octanol–water partition coefficient (Wildman–Crippen LogP) is 3.88. The Morgan fingerprint density at radius 1 is 1.00 bits per heavy atom. The molecule has 0 spiro atoms. The van der Waals surface area contributed by atoms with Gasteiger partial charge in [0.1, 0.15) is 12.3 Å². The number of piperidine rings is 1. The van der Waals surface area contributed by atoms with Gasteiger partial charge in [-0.1, -0.05) is 0 Å². The number of carbonyl (C=O) groups is 1. The maximum absolute atomic E-state index is 13.6. The molecule has 2 fully saturated rings. The Hall–Kier alpha value is -3.56. The van der Waals surface area contributed by atoms with Crippen molar-refractivity contribution in [3.05, 3.63) is 66.4 Å². The summed E-state index contributed by atoms with van der Waals surface area (Å²) in [6.07, 6.45) is 3.07. The molecule has 1 saturated heterocycles. The van der Waals surface area contributed by atoms with Crippen molar-refractivity contribution in [1.29, 1.82) is 0 Å². The van der Waals surface area contributed by atoms with E-state index in [-0.39, 0.29) is 30.1 Å². The third-order valence-electron chi connectivity index (χ3n) is 6.08. The summed E-state index contributed by atoms with van der Waals surface area (Å²) < 4.78 is 44.6. The maximum atomic E-state index is 13.6. The van der Waals surface area contributed by atoms with E-state index in [1.807, 2.05) is 0 Å². The minimum Gasteiger partial charge on any atom is -0.475 e. The summed E-state index contributed by atoms with van der Waals surface area (Å²) in [5.74, 6) is 0.936.